The van der Waals surface area contributed by atoms with Gasteiger partial charge in [-0.2, -0.15) is 5.26 Å². The molecule has 124 valence electrons. The molecule has 1 fully saturated rings. The molecule has 2 aromatic carbocycles. The Kier molecular flexibility index (Phi) is 5.58. The summed E-state index contributed by atoms with van der Waals surface area (Å²) in [7, 11) is 0. The van der Waals surface area contributed by atoms with Gasteiger partial charge in [-0.25, -0.2) is 4.39 Å². The van der Waals surface area contributed by atoms with Crippen LogP contribution in [0.1, 0.15) is 29.5 Å². The summed E-state index contributed by atoms with van der Waals surface area (Å²) in [6.45, 7) is 3.49. The smallest absolute Gasteiger partial charge is 0.127 e. The molecule has 1 atom stereocenters. The van der Waals surface area contributed by atoms with Gasteiger partial charge >= 0.3 is 0 Å². The van der Waals surface area contributed by atoms with Gasteiger partial charge in [0.05, 0.1) is 11.6 Å². The van der Waals surface area contributed by atoms with E-state index in [0.717, 1.165) is 32.5 Å². The molecule has 1 aliphatic rings. The maximum absolute atomic E-state index is 13.9. The highest BCUT2D eigenvalue weighted by atomic mass is 19.1. The predicted octanol–water partition coefficient (Wildman–Crippen LogP) is 3.45. The van der Waals surface area contributed by atoms with Gasteiger partial charge in [0.25, 0.3) is 0 Å². The molecule has 0 amide bonds. The molecule has 1 saturated heterocycles. The lowest BCUT2D eigenvalue weighted by molar-refractivity contribution is 0.182. The van der Waals surface area contributed by atoms with E-state index in [9.17, 15) is 4.39 Å². The molecular weight excluding hydrogens is 301 g/mol. The lowest BCUT2D eigenvalue weighted by Gasteiger charge is -2.33. The molecule has 0 aliphatic carbocycles. The standard InChI is InChI=1S/C20H22FN3/c21-20-9-8-17(12-22)11-18(20)13-23-19-7-4-10-24(15-19)14-16-5-2-1-3-6-16/h1-3,5-6,8-9,11,19,23H,4,7,10,13-15H2. The Morgan fingerprint density at radius 1 is 1.21 bits per heavy atom. The minimum Gasteiger partial charge on any atom is -0.309 e. The number of hydrogen-bond donors (Lipinski definition) is 1. The summed E-state index contributed by atoms with van der Waals surface area (Å²) in [5.74, 6) is -0.251. The molecule has 4 heteroatoms. The first-order chi connectivity index (χ1) is 11.7. The second-order valence-corrected chi connectivity index (χ2v) is 6.36. The molecule has 0 spiro atoms. The quantitative estimate of drug-likeness (QED) is 0.916. The Morgan fingerprint density at radius 3 is 2.83 bits per heavy atom. The van der Waals surface area contributed by atoms with Crippen molar-refractivity contribution in [2.75, 3.05) is 13.1 Å². The van der Waals surface area contributed by atoms with Gasteiger partial charge in [-0.05, 0) is 43.1 Å². The Labute approximate surface area is 142 Å². The van der Waals surface area contributed by atoms with Crippen LogP contribution in [0.5, 0.6) is 0 Å². The first-order valence-electron chi connectivity index (χ1n) is 8.43. The topological polar surface area (TPSA) is 39.1 Å². The number of halogens is 1. The second-order valence-electron chi connectivity index (χ2n) is 6.36. The Morgan fingerprint density at radius 2 is 2.04 bits per heavy atom. The fraction of sp³-hybridized carbons (Fsp3) is 0.350. The zero-order valence-electron chi connectivity index (χ0n) is 13.7. The van der Waals surface area contributed by atoms with Gasteiger partial charge in [-0.3, -0.25) is 4.90 Å². The number of piperidine rings is 1. The molecule has 0 aromatic heterocycles. The van der Waals surface area contributed by atoms with E-state index in [1.165, 1.54) is 17.7 Å². The van der Waals surface area contributed by atoms with Gasteiger partial charge in [0, 0.05) is 31.2 Å². The van der Waals surface area contributed by atoms with Crippen molar-refractivity contribution in [3.63, 3.8) is 0 Å². The number of nitriles is 1. The van der Waals surface area contributed by atoms with E-state index in [-0.39, 0.29) is 5.82 Å². The maximum atomic E-state index is 13.9. The van der Waals surface area contributed by atoms with Crippen LogP contribution in [0.25, 0.3) is 0 Å². The molecule has 1 N–H and O–H groups in total. The zero-order valence-corrected chi connectivity index (χ0v) is 13.7. The molecule has 3 nitrogen and oxygen atoms in total. The molecule has 1 unspecified atom stereocenters. The van der Waals surface area contributed by atoms with Gasteiger partial charge < -0.3 is 5.32 Å². The van der Waals surface area contributed by atoms with E-state index < -0.39 is 0 Å². The fourth-order valence-corrected chi connectivity index (χ4v) is 3.24. The van der Waals surface area contributed by atoms with Crippen LogP contribution < -0.4 is 5.32 Å². The van der Waals surface area contributed by atoms with Crippen LogP contribution in [0.2, 0.25) is 0 Å². The number of hydrogen-bond acceptors (Lipinski definition) is 3. The summed E-state index contributed by atoms with van der Waals surface area (Å²) in [6, 6.07) is 17.4. The Hall–Kier alpha value is -2.22. The highest BCUT2D eigenvalue weighted by molar-refractivity contribution is 5.33. The summed E-state index contributed by atoms with van der Waals surface area (Å²) in [5.41, 5.74) is 2.39. The fourth-order valence-electron chi connectivity index (χ4n) is 3.24. The van der Waals surface area contributed by atoms with Gasteiger partial charge in [0.2, 0.25) is 0 Å². The monoisotopic (exact) mass is 323 g/mol. The third-order valence-corrected chi connectivity index (χ3v) is 4.51. The minimum absolute atomic E-state index is 0.251. The van der Waals surface area contributed by atoms with E-state index in [4.69, 9.17) is 5.26 Å². The van der Waals surface area contributed by atoms with Crippen molar-refractivity contribution in [3.05, 3.63) is 71.0 Å². The normalized spacial score (nSPS) is 18.2. The summed E-state index contributed by atoms with van der Waals surface area (Å²) >= 11 is 0. The van der Waals surface area contributed by atoms with Crippen molar-refractivity contribution in [1.29, 1.82) is 5.26 Å². The number of benzene rings is 2. The predicted molar refractivity (Wildman–Crippen MR) is 92.7 cm³/mol. The molecule has 3 rings (SSSR count). The van der Waals surface area contributed by atoms with E-state index in [2.05, 4.69) is 40.6 Å². The van der Waals surface area contributed by atoms with E-state index >= 15 is 0 Å². The van der Waals surface area contributed by atoms with E-state index in [1.807, 2.05) is 6.07 Å². The maximum Gasteiger partial charge on any atom is 0.127 e. The van der Waals surface area contributed by atoms with Crippen LogP contribution in [-0.2, 0) is 13.1 Å². The van der Waals surface area contributed by atoms with E-state index in [0.29, 0.717) is 23.7 Å². The highest BCUT2D eigenvalue weighted by Gasteiger charge is 2.19. The van der Waals surface area contributed by atoms with Crippen molar-refractivity contribution in [1.82, 2.24) is 10.2 Å². The molecule has 0 bridgehead atoms. The van der Waals surface area contributed by atoms with Crippen molar-refractivity contribution in [2.24, 2.45) is 0 Å². The van der Waals surface area contributed by atoms with Crippen molar-refractivity contribution < 1.29 is 4.39 Å². The van der Waals surface area contributed by atoms with Crippen molar-refractivity contribution in [3.8, 4) is 6.07 Å². The average Bonchev–Trinajstić information content (AvgIpc) is 2.62. The lowest BCUT2D eigenvalue weighted by Crippen LogP contribution is -2.45. The first-order valence-corrected chi connectivity index (χ1v) is 8.43. The highest BCUT2D eigenvalue weighted by Crippen LogP contribution is 2.15. The number of nitrogens with zero attached hydrogens (tertiary/aromatic N) is 2. The molecule has 24 heavy (non-hydrogen) atoms. The molecular formula is C20H22FN3. The lowest BCUT2D eigenvalue weighted by atomic mass is 10.0. The van der Waals surface area contributed by atoms with Crippen LogP contribution in [0.4, 0.5) is 4.39 Å². The SMILES string of the molecule is N#Cc1ccc(F)c(CNC2CCCN(Cc3ccccc3)C2)c1. The van der Waals surface area contributed by atoms with Crippen LogP contribution >= 0.6 is 0 Å². The van der Waals surface area contributed by atoms with Gasteiger partial charge in [0.1, 0.15) is 5.82 Å². The third-order valence-electron chi connectivity index (χ3n) is 4.51. The molecule has 1 heterocycles. The first kappa shape index (κ1) is 16.6. The van der Waals surface area contributed by atoms with Crippen LogP contribution in [-0.4, -0.2) is 24.0 Å². The third kappa shape index (κ3) is 4.41. The molecule has 0 radical (unpaired) electrons. The average molecular weight is 323 g/mol. The van der Waals surface area contributed by atoms with Crippen LogP contribution in [0, 0.1) is 17.1 Å². The largest absolute Gasteiger partial charge is 0.309 e. The van der Waals surface area contributed by atoms with Gasteiger partial charge in [0.15, 0.2) is 0 Å². The van der Waals surface area contributed by atoms with Crippen molar-refractivity contribution in [2.45, 2.75) is 32.0 Å². The van der Waals surface area contributed by atoms with Crippen molar-refractivity contribution >= 4 is 0 Å². The Bertz CT molecular complexity index is 709. The summed E-state index contributed by atoms with van der Waals surface area (Å²) < 4.78 is 13.9. The zero-order chi connectivity index (χ0) is 16.8. The molecule has 1 aliphatic heterocycles. The molecule has 0 saturated carbocycles. The Balaban J connectivity index is 1.55. The van der Waals surface area contributed by atoms with Crippen LogP contribution in [0.15, 0.2) is 48.5 Å². The summed E-state index contributed by atoms with van der Waals surface area (Å²) in [4.78, 5) is 2.44. The second kappa shape index (κ2) is 8.05. The number of nitrogens with one attached hydrogen (secondary N) is 1. The minimum atomic E-state index is -0.251. The number of rotatable bonds is 5. The van der Waals surface area contributed by atoms with E-state index in [1.54, 1.807) is 6.07 Å². The number of likely N-dealkylation sites (tertiary alicyclic amines) is 1. The van der Waals surface area contributed by atoms with Crippen LogP contribution in [0.3, 0.4) is 0 Å². The molecule has 2 aromatic rings. The van der Waals surface area contributed by atoms with Gasteiger partial charge in [-0.15, -0.1) is 0 Å². The summed E-state index contributed by atoms with van der Waals surface area (Å²) in [6.07, 6.45) is 2.25. The van der Waals surface area contributed by atoms with Gasteiger partial charge in [-0.1, -0.05) is 30.3 Å². The summed E-state index contributed by atoms with van der Waals surface area (Å²) in [5, 5.41) is 12.4.